The largest absolute Gasteiger partial charge is 0.341 e. The second-order valence-corrected chi connectivity index (χ2v) is 7.69. The highest BCUT2D eigenvalue weighted by Gasteiger charge is 2.32. The molecule has 0 aromatic heterocycles. The van der Waals surface area contributed by atoms with Crippen molar-refractivity contribution in [3.8, 4) is 0 Å². The molecule has 0 spiro atoms. The van der Waals surface area contributed by atoms with E-state index in [1.54, 1.807) is 30.3 Å². The van der Waals surface area contributed by atoms with Gasteiger partial charge in [0, 0.05) is 39.3 Å². The van der Waals surface area contributed by atoms with Crippen LogP contribution in [-0.4, -0.2) is 62.8 Å². The molecule has 2 aliphatic heterocycles. The van der Waals surface area contributed by atoms with Gasteiger partial charge in [-0.2, -0.15) is 4.31 Å². The third-order valence-electron chi connectivity index (χ3n) is 4.28. The van der Waals surface area contributed by atoms with Crippen LogP contribution in [0.25, 0.3) is 0 Å². The standard InChI is InChI=1S/C15H21N3O3S/c19-15(13-11-16-12-13)17-7-4-8-18(10-9-17)22(20,21)14-5-2-1-3-6-14/h1-3,5-6,13,16H,4,7-12H2. The SMILES string of the molecule is O=C(C1CNC1)N1CCCN(S(=O)(=O)c2ccccc2)CC1. The summed E-state index contributed by atoms with van der Waals surface area (Å²) < 4.78 is 26.8. The Hall–Kier alpha value is -1.44. The third kappa shape index (κ3) is 3.02. The molecule has 1 amide bonds. The Morgan fingerprint density at radius 3 is 2.41 bits per heavy atom. The lowest BCUT2D eigenvalue weighted by Crippen LogP contribution is -2.52. The van der Waals surface area contributed by atoms with Gasteiger partial charge in [-0.25, -0.2) is 8.42 Å². The number of nitrogens with one attached hydrogen (secondary N) is 1. The van der Waals surface area contributed by atoms with Crippen LogP contribution in [0.2, 0.25) is 0 Å². The summed E-state index contributed by atoms with van der Waals surface area (Å²) in [6.07, 6.45) is 0.679. The van der Waals surface area contributed by atoms with Gasteiger partial charge in [0.15, 0.2) is 0 Å². The molecule has 2 saturated heterocycles. The third-order valence-corrected chi connectivity index (χ3v) is 6.19. The minimum Gasteiger partial charge on any atom is -0.341 e. The zero-order valence-corrected chi connectivity index (χ0v) is 13.3. The molecule has 22 heavy (non-hydrogen) atoms. The van der Waals surface area contributed by atoms with E-state index in [0.717, 1.165) is 13.1 Å². The molecule has 2 fully saturated rings. The molecule has 0 bridgehead atoms. The summed E-state index contributed by atoms with van der Waals surface area (Å²) in [5, 5.41) is 3.10. The molecule has 0 saturated carbocycles. The lowest BCUT2D eigenvalue weighted by molar-refractivity contribution is -0.136. The second-order valence-electron chi connectivity index (χ2n) is 5.75. The second kappa shape index (κ2) is 6.36. The molecule has 2 heterocycles. The van der Waals surface area contributed by atoms with Gasteiger partial charge in [-0.1, -0.05) is 18.2 Å². The zero-order chi connectivity index (χ0) is 15.6. The van der Waals surface area contributed by atoms with E-state index in [9.17, 15) is 13.2 Å². The van der Waals surface area contributed by atoms with E-state index in [2.05, 4.69) is 5.32 Å². The average Bonchev–Trinajstić information content (AvgIpc) is 2.72. The van der Waals surface area contributed by atoms with Crippen LogP contribution in [0.3, 0.4) is 0 Å². The lowest BCUT2D eigenvalue weighted by atomic mass is 10.0. The zero-order valence-electron chi connectivity index (χ0n) is 12.4. The molecular formula is C15H21N3O3S. The number of sulfonamides is 1. The Kier molecular flexibility index (Phi) is 4.46. The van der Waals surface area contributed by atoms with E-state index in [-0.39, 0.29) is 11.8 Å². The van der Waals surface area contributed by atoms with Crippen molar-refractivity contribution in [3.63, 3.8) is 0 Å². The molecular weight excluding hydrogens is 302 g/mol. The van der Waals surface area contributed by atoms with Gasteiger partial charge in [-0.3, -0.25) is 4.79 Å². The minimum atomic E-state index is -3.46. The highest BCUT2D eigenvalue weighted by atomic mass is 32.2. The molecule has 3 rings (SSSR count). The van der Waals surface area contributed by atoms with Crippen LogP contribution in [0.1, 0.15) is 6.42 Å². The van der Waals surface area contributed by atoms with Crippen molar-refractivity contribution in [3.05, 3.63) is 30.3 Å². The van der Waals surface area contributed by atoms with E-state index >= 15 is 0 Å². The number of nitrogens with zero attached hydrogens (tertiary/aromatic N) is 2. The first-order valence-corrected chi connectivity index (χ1v) is 9.08. The molecule has 2 aliphatic rings. The molecule has 1 aromatic carbocycles. The smallest absolute Gasteiger partial charge is 0.243 e. The molecule has 0 radical (unpaired) electrons. The summed E-state index contributed by atoms with van der Waals surface area (Å²) in [7, 11) is -3.46. The maximum Gasteiger partial charge on any atom is 0.243 e. The van der Waals surface area contributed by atoms with Crippen LogP contribution < -0.4 is 5.32 Å². The fourth-order valence-corrected chi connectivity index (χ4v) is 4.31. The maximum absolute atomic E-state index is 12.6. The number of rotatable bonds is 3. The fraction of sp³-hybridized carbons (Fsp3) is 0.533. The Bertz CT molecular complexity index is 629. The van der Waals surface area contributed by atoms with E-state index in [1.165, 1.54) is 4.31 Å². The molecule has 1 N–H and O–H groups in total. The van der Waals surface area contributed by atoms with Crippen LogP contribution in [0.4, 0.5) is 0 Å². The van der Waals surface area contributed by atoms with E-state index < -0.39 is 10.0 Å². The summed E-state index contributed by atoms with van der Waals surface area (Å²) in [5.74, 6) is 0.218. The molecule has 0 atom stereocenters. The van der Waals surface area contributed by atoms with E-state index in [0.29, 0.717) is 37.5 Å². The quantitative estimate of drug-likeness (QED) is 0.858. The van der Waals surface area contributed by atoms with Crippen molar-refractivity contribution in [1.82, 2.24) is 14.5 Å². The Morgan fingerprint density at radius 1 is 1.05 bits per heavy atom. The Labute approximate surface area is 131 Å². The number of benzene rings is 1. The van der Waals surface area contributed by atoms with Gasteiger partial charge in [0.2, 0.25) is 15.9 Å². The van der Waals surface area contributed by atoms with Gasteiger partial charge in [0.25, 0.3) is 0 Å². The van der Waals surface area contributed by atoms with Crippen molar-refractivity contribution in [1.29, 1.82) is 0 Å². The number of carbonyl (C=O) groups is 1. The van der Waals surface area contributed by atoms with Gasteiger partial charge < -0.3 is 10.2 Å². The monoisotopic (exact) mass is 323 g/mol. The summed E-state index contributed by atoms with van der Waals surface area (Å²) in [5.41, 5.74) is 0. The number of hydrogen-bond acceptors (Lipinski definition) is 4. The fourth-order valence-electron chi connectivity index (χ4n) is 2.82. The Morgan fingerprint density at radius 2 is 1.77 bits per heavy atom. The average molecular weight is 323 g/mol. The molecule has 6 nitrogen and oxygen atoms in total. The van der Waals surface area contributed by atoms with Crippen molar-refractivity contribution in [2.24, 2.45) is 5.92 Å². The molecule has 0 aliphatic carbocycles. The molecule has 7 heteroatoms. The number of amides is 1. The first-order valence-electron chi connectivity index (χ1n) is 7.64. The maximum atomic E-state index is 12.6. The van der Waals surface area contributed by atoms with Crippen molar-refractivity contribution in [2.75, 3.05) is 39.3 Å². The normalized spacial score (nSPS) is 21.2. The van der Waals surface area contributed by atoms with Crippen molar-refractivity contribution < 1.29 is 13.2 Å². The van der Waals surface area contributed by atoms with Crippen LogP contribution >= 0.6 is 0 Å². The summed E-state index contributed by atoms with van der Waals surface area (Å²) in [4.78, 5) is 14.4. The topological polar surface area (TPSA) is 69.7 Å². The minimum absolute atomic E-state index is 0.0669. The van der Waals surface area contributed by atoms with Gasteiger partial charge in [0.1, 0.15) is 0 Å². The highest BCUT2D eigenvalue weighted by Crippen LogP contribution is 2.18. The highest BCUT2D eigenvalue weighted by molar-refractivity contribution is 7.89. The lowest BCUT2D eigenvalue weighted by Gasteiger charge is -2.31. The number of hydrogen-bond donors (Lipinski definition) is 1. The Balaban J connectivity index is 1.68. The summed E-state index contributed by atoms with van der Waals surface area (Å²) in [6, 6.07) is 8.48. The van der Waals surface area contributed by atoms with Gasteiger partial charge in [-0.15, -0.1) is 0 Å². The first kappa shape index (κ1) is 15.5. The van der Waals surface area contributed by atoms with Crippen LogP contribution in [0, 0.1) is 5.92 Å². The summed E-state index contributed by atoms with van der Waals surface area (Å²) in [6.45, 7) is 3.41. The predicted molar refractivity (Wildman–Crippen MR) is 82.8 cm³/mol. The first-order chi connectivity index (χ1) is 10.6. The predicted octanol–water partition coefficient (Wildman–Crippen LogP) is 0.129. The van der Waals surface area contributed by atoms with Crippen LogP contribution in [-0.2, 0) is 14.8 Å². The van der Waals surface area contributed by atoms with Crippen molar-refractivity contribution >= 4 is 15.9 Å². The van der Waals surface area contributed by atoms with Crippen LogP contribution in [0.5, 0.6) is 0 Å². The molecule has 120 valence electrons. The van der Waals surface area contributed by atoms with E-state index in [4.69, 9.17) is 0 Å². The van der Waals surface area contributed by atoms with Gasteiger partial charge in [-0.05, 0) is 18.6 Å². The van der Waals surface area contributed by atoms with Crippen LogP contribution in [0.15, 0.2) is 35.2 Å². The number of carbonyl (C=O) groups excluding carboxylic acids is 1. The van der Waals surface area contributed by atoms with Gasteiger partial charge in [0.05, 0.1) is 10.8 Å². The van der Waals surface area contributed by atoms with Crippen molar-refractivity contribution in [2.45, 2.75) is 11.3 Å². The molecule has 0 unspecified atom stereocenters. The molecule has 1 aromatic rings. The summed E-state index contributed by atoms with van der Waals surface area (Å²) >= 11 is 0. The van der Waals surface area contributed by atoms with Gasteiger partial charge >= 0.3 is 0 Å². The van der Waals surface area contributed by atoms with E-state index in [1.807, 2.05) is 4.90 Å².